The lowest BCUT2D eigenvalue weighted by molar-refractivity contribution is -0.180. The zero-order valence-corrected chi connectivity index (χ0v) is 14.9. The Kier molecular flexibility index (Phi) is 4.91. The molecule has 0 N–H and O–H groups in total. The fraction of sp³-hybridized carbons (Fsp3) is 0.588. The third-order valence-electron chi connectivity index (χ3n) is 3.56. The quantitative estimate of drug-likeness (QED) is 0.768. The molecule has 0 atom stereocenters. The number of rotatable bonds is 4. The Morgan fingerprint density at radius 3 is 2.43 bits per heavy atom. The molecule has 1 fully saturated rings. The first-order chi connectivity index (χ1) is 9.67. The molecule has 2 rings (SSSR count). The van der Waals surface area contributed by atoms with Gasteiger partial charge in [0, 0.05) is 36.1 Å². The highest BCUT2D eigenvalue weighted by Gasteiger charge is 2.37. The Balaban J connectivity index is 1.95. The smallest absolute Gasteiger partial charge is 0.164 e. The van der Waals surface area contributed by atoms with E-state index in [1.165, 1.54) is 0 Å². The minimum Gasteiger partial charge on any atom is -0.367 e. The lowest BCUT2D eigenvalue weighted by Crippen LogP contribution is -2.57. The fourth-order valence-electron chi connectivity index (χ4n) is 3.17. The van der Waals surface area contributed by atoms with Crippen molar-refractivity contribution in [3.8, 4) is 0 Å². The molecule has 0 spiro atoms. The molecule has 3 nitrogen and oxygen atoms in total. The number of hydrogen-bond acceptors (Lipinski definition) is 3. The first-order valence-corrected chi connectivity index (χ1v) is 8.18. The van der Waals surface area contributed by atoms with Crippen molar-refractivity contribution in [3.63, 3.8) is 0 Å². The van der Waals surface area contributed by atoms with Gasteiger partial charge in [0.1, 0.15) is 0 Å². The second-order valence-electron chi connectivity index (χ2n) is 7.02. The highest BCUT2D eigenvalue weighted by Crippen LogP contribution is 2.28. The van der Waals surface area contributed by atoms with Crippen LogP contribution in [0.3, 0.4) is 0 Å². The summed E-state index contributed by atoms with van der Waals surface area (Å²) in [5.74, 6) is 0.193. The van der Waals surface area contributed by atoms with Gasteiger partial charge >= 0.3 is 0 Å². The van der Waals surface area contributed by atoms with Crippen molar-refractivity contribution in [1.82, 2.24) is 4.90 Å². The Morgan fingerprint density at radius 2 is 1.86 bits per heavy atom. The van der Waals surface area contributed by atoms with E-state index in [0.717, 1.165) is 29.7 Å². The molecule has 0 amide bonds. The number of benzene rings is 1. The van der Waals surface area contributed by atoms with Crippen LogP contribution in [-0.4, -0.2) is 41.5 Å². The van der Waals surface area contributed by atoms with E-state index in [0.29, 0.717) is 6.42 Å². The van der Waals surface area contributed by atoms with Crippen molar-refractivity contribution in [3.05, 3.63) is 34.3 Å². The lowest BCUT2D eigenvalue weighted by atomic mass is 9.98. The van der Waals surface area contributed by atoms with Crippen molar-refractivity contribution >= 4 is 21.7 Å². The molecule has 1 aromatic rings. The maximum absolute atomic E-state index is 12.3. The highest BCUT2D eigenvalue weighted by atomic mass is 79.9. The van der Waals surface area contributed by atoms with Crippen LogP contribution in [-0.2, 0) is 4.74 Å². The number of Topliss-reactive ketones (excluding diaryl/α,β-unsaturated/α-hetero) is 1. The first kappa shape index (κ1) is 16.7. The van der Waals surface area contributed by atoms with Gasteiger partial charge in [-0.15, -0.1) is 0 Å². The fourth-order valence-corrected chi connectivity index (χ4v) is 3.57. The number of hydrogen-bond donors (Lipinski definition) is 0. The predicted molar refractivity (Wildman–Crippen MR) is 88.8 cm³/mol. The maximum atomic E-state index is 12.3. The average molecular weight is 354 g/mol. The van der Waals surface area contributed by atoms with E-state index in [1.807, 2.05) is 24.3 Å². The molecule has 21 heavy (non-hydrogen) atoms. The Hall–Kier alpha value is -0.710. The topological polar surface area (TPSA) is 29.5 Å². The van der Waals surface area contributed by atoms with Crippen LogP contribution in [0.5, 0.6) is 0 Å². The van der Waals surface area contributed by atoms with Crippen molar-refractivity contribution in [2.45, 2.75) is 45.3 Å². The summed E-state index contributed by atoms with van der Waals surface area (Å²) in [7, 11) is 0. The van der Waals surface area contributed by atoms with E-state index in [2.05, 4.69) is 48.5 Å². The molecule has 0 radical (unpaired) electrons. The summed E-state index contributed by atoms with van der Waals surface area (Å²) in [6, 6.07) is 7.60. The van der Waals surface area contributed by atoms with Crippen LogP contribution in [0.2, 0.25) is 0 Å². The third-order valence-corrected chi connectivity index (χ3v) is 4.06. The Morgan fingerprint density at radius 1 is 1.24 bits per heavy atom. The largest absolute Gasteiger partial charge is 0.367 e. The van der Waals surface area contributed by atoms with E-state index in [1.54, 1.807) is 0 Å². The molecule has 1 saturated heterocycles. The van der Waals surface area contributed by atoms with Crippen molar-refractivity contribution in [1.29, 1.82) is 0 Å². The van der Waals surface area contributed by atoms with Gasteiger partial charge in [0.25, 0.3) is 0 Å². The number of carbonyl (C=O) groups excluding carboxylic acids is 1. The minimum absolute atomic E-state index is 0.166. The van der Waals surface area contributed by atoms with Gasteiger partial charge in [-0.25, -0.2) is 0 Å². The molecule has 0 bridgehead atoms. The molecule has 4 heteroatoms. The van der Waals surface area contributed by atoms with Gasteiger partial charge in [0.05, 0.1) is 11.2 Å². The number of nitrogens with zero attached hydrogens (tertiary/aromatic N) is 1. The number of ether oxygens (including phenoxy) is 1. The normalized spacial score (nSPS) is 21.2. The van der Waals surface area contributed by atoms with Gasteiger partial charge in [-0.2, -0.15) is 0 Å². The summed E-state index contributed by atoms with van der Waals surface area (Å²) in [4.78, 5) is 14.6. The summed E-state index contributed by atoms with van der Waals surface area (Å²) >= 11 is 3.41. The van der Waals surface area contributed by atoms with Gasteiger partial charge in [0.15, 0.2) is 5.78 Å². The van der Waals surface area contributed by atoms with Crippen LogP contribution in [0.15, 0.2) is 28.7 Å². The molecule has 0 aromatic heterocycles. The van der Waals surface area contributed by atoms with Crippen LogP contribution in [0, 0.1) is 0 Å². The van der Waals surface area contributed by atoms with Gasteiger partial charge in [0.2, 0.25) is 0 Å². The number of halogens is 1. The average Bonchev–Trinajstić information content (AvgIpc) is 2.32. The molecule has 1 aliphatic heterocycles. The number of ketones is 1. The van der Waals surface area contributed by atoms with E-state index < -0.39 is 0 Å². The second-order valence-corrected chi connectivity index (χ2v) is 7.93. The van der Waals surface area contributed by atoms with Gasteiger partial charge in [-0.3, -0.25) is 9.69 Å². The Labute approximate surface area is 135 Å². The monoisotopic (exact) mass is 353 g/mol. The number of morpholine rings is 1. The standard InChI is InChI=1S/C17H24BrNO2/c1-16(2)11-19(12-17(3,4)21-16)9-8-15(20)13-6-5-7-14(18)10-13/h5-7,10H,8-9,11-12H2,1-4H3. The third kappa shape index (κ3) is 4.90. The molecular formula is C17H24BrNO2. The van der Waals surface area contributed by atoms with E-state index >= 15 is 0 Å². The summed E-state index contributed by atoms with van der Waals surface area (Å²) in [6.45, 7) is 10.9. The highest BCUT2D eigenvalue weighted by molar-refractivity contribution is 9.10. The molecule has 0 aliphatic carbocycles. The van der Waals surface area contributed by atoms with E-state index in [4.69, 9.17) is 4.74 Å². The minimum atomic E-state index is -0.166. The summed E-state index contributed by atoms with van der Waals surface area (Å²) < 4.78 is 7.01. The van der Waals surface area contributed by atoms with Crippen LogP contribution < -0.4 is 0 Å². The van der Waals surface area contributed by atoms with Crippen LogP contribution >= 0.6 is 15.9 Å². The van der Waals surface area contributed by atoms with Crippen molar-refractivity contribution in [2.75, 3.05) is 19.6 Å². The zero-order chi connectivity index (χ0) is 15.7. The van der Waals surface area contributed by atoms with Crippen LogP contribution in [0.25, 0.3) is 0 Å². The molecule has 0 unspecified atom stereocenters. The van der Waals surface area contributed by atoms with Crippen LogP contribution in [0.4, 0.5) is 0 Å². The maximum Gasteiger partial charge on any atom is 0.164 e. The van der Waals surface area contributed by atoms with Gasteiger partial charge < -0.3 is 4.74 Å². The lowest BCUT2D eigenvalue weighted by Gasteiger charge is -2.47. The van der Waals surface area contributed by atoms with E-state index in [9.17, 15) is 4.79 Å². The molecular weight excluding hydrogens is 330 g/mol. The van der Waals surface area contributed by atoms with Gasteiger partial charge in [-0.05, 0) is 39.8 Å². The molecule has 0 saturated carbocycles. The van der Waals surface area contributed by atoms with Gasteiger partial charge in [-0.1, -0.05) is 28.1 Å². The zero-order valence-electron chi connectivity index (χ0n) is 13.3. The molecule has 1 aliphatic rings. The summed E-state index contributed by atoms with van der Waals surface area (Å²) in [5, 5.41) is 0. The predicted octanol–water partition coefficient (Wildman–Crippen LogP) is 3.91. The van der Waals surface area contributed by atoms with Crippen molar-refractivity contribution < 1.29 is 9.53 Å². The summed E-state index contributed by atoms with van der Waals surface area (Å²) in [6.07, 6.45) is 0.544. The van der Waals surface area contributed by atoms with Crippen molar-refractivity contribution in [2.24, 2.45) is 0 Å². The van der Waals surface area contributed by atoms with Crippen LogP contribution in [0.1, 0.15) is 44.5 Å². The summed E-state index contributed by atoms with van der Waals surface area (Å²) in [5.41, 5.74) is 0.442. The van der Waals surface area contributed by atoms with E-state index in [-0.39, 0.29) is 17.0 Å². The molecule has 116 valence electrons. The number of carbonyl (C=O) groups is 1. The second kappa shape index (κ2) is 6.19. The molecule has 1 heterocycles. The Bertz CT molecular complexity index is 509. The SMILES string of the molecule is CC1(C)CN(CCC(=O)c2cccc(Br)c2)CC(C)(C)O1. The first-order valence-electron chi connectivity index (χ1n) is 7.38. The molecule has 1 aromatic carbocycles.